The molecule has 0 radical (unpaired) electrons. The molecule has 1 N–H and O–H groups in total. The number of hydrogen-bond acceptors (Lipinski definition) is 2. The Balaban J connectivity index is 2.04. The van der Waals surface area contributed by atoms with Crippen molar-refractivity contribution >= 4 is 0 Å². The van der Waals surface area contributed by atoms with Crippen molar-refractivity contribution in [2.24, 2.45) is 5.92 Å². The lowest BCUT2D eigenvalue weighted by Crippen LogP contribution is -2.42. The first-order valence-electron chi connectivity index (χ1n) is 7.64. The highest BCUT2D eigenvalue weighted by molar-refractivity contribution is 5.26. The Bertz CT molecular complexity index is 361. The normalized spacial score (nSPS) is 18.2. The van der Waals surface area contributed by atoms with Crippen LogP contribution in [0.1, 0.15) is 38.7 Å². The maximum absolute atomic E-state index is 6.03. The van der Waals surface area contributed by atoms with Gasteiger partial charge in [0.05, 0.1) is 6.61 Å². The van der Waals surface area contributed by atoms with E-state index >= 15 is 0 Å². The van der Waals surface area contributed by atoms with Crippen molar-refractivity contribution in [3.63, 3.8) is 0 Å². The summed E-state index contributed by atoms with van der Waals surface area (Å²) >= 11 is 0. The topological polar surface area (TPSA) is 21.3 Å². The van der Waals surface area contributed by atoms with Gasteiger partial charge in [-0.25, -0.2) is 0 Å². The van der Waals surface area contributed by atoms with Gasteiger partial charge in [-0.3, -0.25) is 0 Å². The molecule has 0 amide bonds. The molecule has 1 unspecified atom stereocenters. The van der Waals surface area contributed by atoms with Crippen molar-refractivity contribution in [2.45, 2.75) is 38.5 Å². The van der Waals surface area contributed by atoms with Crippen LogP contribution < -0.4 is 5.32 Å². The molecule has 2 nitrogen and oxygen atoms in total. The molecule has 19 heavy (non-hydrogen) atoms. The fourth-order valence-electron chi connectivity index (χ4n) is 2.53. The van der Waals surface area contributed by atoms with Crippen LogP contribution in [0.5, 0.6) is 0 Å². The van der Waals surface area contributed by atoms with Gasteiger partial charge in [0.2, 0.25) is 0 Å². The minimum Gasteiger partial charge on any atom is -0.380 e. The van der Waals surface area contributed by atoms with Crippen molar-refractivity contribution in [2.75, 3.05) is 26.3 Å². The minimum atomic E-state index is 0.117. The summed E-state index contributed by atoms with van der Waals surface area (Å²) in [5.41, 5.74) is 1.51. The summed E-state index contributed by atoms with van der Waals surface area (Å²) in [4.78, 5) is 0. The van der Waals surface area contributed by atoms with E-state index in [0.29, 0.717) is 0 Å². The van der Waals surface area contributed by atoms with E-state index in [-0.39, 0.29) is 5.41 Å². The van der Waals surface area contributed by atoms with Crippen LogP contribution in [0.2, 0.25) is 0 Å². The molecule has 0 spiro atoms. The van der Waals surface area contributed by atoms with Crippen LogP contribution >= 0.6 is 0 Å². The lowest BCUT2D eigenvalue weighted by atomic mass is 9.78. The number of rotatable bonds is 9. The molecular formula is C17H27NO. The van der Waals surface area contributed by atoms with Crippen LogP contribution in [0.3, 0.4) is 0 Å². The third kappa shape index (κ3) is 4.05. The van der Waals surface area contributed by atoms with Gasteiger partial charge in [-0.15, -0.1) is 0 Å². The van der Waals surface area contributed by atoms with Gasteiger partial charge in [-0.05, 0) is 37.3 Å². The predicted molar refractivity (Wildman–Crippen MR) is 80.5 cm³/mol. The summed E-state index contributed by atoms with van der Waals surface area (Å²) in [6.07, 6.45) is 3.82. The van der Waals surface area contributed by atoms with Gasteiger partial charge >= 0.3 is 0 Å². The van der Waals surface area contributed by atoms with E-state index in [1.165, 1.54) is 18.4 Å². The first-order valence-corrected chi connectivity index (χ1v) is 7.64. The summed E-state index contributed by atoms with van der Waals surface area (Å²) in [5, 5.41) is 3.51. The Labute approximate surface area is 117 Å². The van der Waals surface area contributed by atoms with Crippen molar-refractivity contribution in [1.29, 1.82) is 0 Å². The van der Waals surface area contributed by atoms with Crippen LogP contribution in [-0.2, 0) is 10.2 Å². The third-order valence-corrected chi connectivity index (χ3v) is 4.21. The van der Waals surface area contributed by atoms with Gasteiger partial charge in [0.1, 0.15) is 0 Å². The van der Waals surface area contributed by atoms with Gasteiger partial charge in [-0.2, -0.15) is 0 Å². The van der Waals surface area contributed by atoms with E-state index in [9.17, 15) is 0 Å². The van der Waals surface area contributed by atoms with Crippen molar-refractivity contribution in [3.8, 4) is 0 Å². The van der Waals surface area contributed by atoms with Crippen LogP contribution in [0.4, 0.5) is 0 Å². The molecule has 1 aromatic rings. The molecule has 0 saturated heterocycles. The highest BCUT2D eigenvalue weighted by atomic mass is 16.5. The average molecular weight is 261 g/mol. The fraction of sp³-hybridized carbons (Fsp3) is 0.647. The quantitative estimate of drug-likeness (QED) is 0.736. The van der Waals surface area contributed by atoms with Crippen LogP contribution in [0, 0.1) is 5.92 Å². The van der Waals surface area contributed by atoms with E-state index in [2.05, 4.69) is 49.5 Å². The van der Waals surface area contributed by atoms with Gasteiger partial charge in [0.15, 0.2) is 0 Å². The zero-order valence-electron chi connectivity index (χ0n) is 12.3. The Morgan fingerprint density at radius 2 is 1.95 bits per heavy atom. The molecule has 0 bridgehead atoms. The largest absolute Gasteiger partial charge is 0.380 e. The fourth-order valence-corrected chi connectivity index (χ4v) is 2.53. The molecule has 0 aliphatic heterocycles. The molecular weight excluding hydrogens is 234 g/mol. The number of hydrogen-bond donors (Lipinski definition) is 1. The lowest BCUT2D eigenvalue weighted by molar-refractivity contribution is 0.0721. The van der Waals surface area contributed by atoms with Crippen molar-refractivity contribution in [3.05, 3.63) is 35.9 Å². The van der Waals surface area contributed by atoms with Gasteiger partial charge < -0.3 is 10.1 Å². The van der Waals surface area contributed by atoms with Crippen LogP contribution in [-0.4, -0.2) is 26.3 Å². The van der Waals surface area contributed by atoms with E-state index in [1.807, 2.05) is 0 Å². The molecule has 1 aliphatic rings. The summed E-state index contributed by atoms with van der Waals surface area (Å²) in [7, 11) is 0. The molecule has 1 aliphatic carbocycles. The maximum atomic E-state index is 6.03. The molecule has 0 aromatic heterocycles. The predicted octanol–water partition coefficient (Wildman–Crippen LogP) is 3.37. The Kier molecular flexibility index (Phi) is 5.41. The SMILES string of the molecule is CCNCC(CC)(COCC1CC1)c1ccccc1. The molecule has 1 aromatic carbocycles. The highest BCUT2D eigenvalue weighted by Crippen LogP contribution is 2.32. The molecule has 1 atom stereocenters. The zero-order valence-corrected chi connectivity index (χ0v) is 12.3. The number of ether oxygens (including phenoxy) is 1. The van der Waals surface area contributed by atoms with E-state index in [0.717, 1.165) is 38.6 Å². The summed E-state index contributed by atoms with van der Waals surface area (Å²) < 4.78 is 6.03. The third-order valence-electron chi connectivity index (χ3n) is 4.21. The highest BCUT2D eigenvalue weighted by Gasteiger charge is 2.31. The average Bonchev–Trinajstić information content (AvgIpc) is 3.28. The zero-order chi connectivity index (χ0) is 13.6. The molecule has 2 rings (SSSR count). The summed E-state index contributed by atoms with van der Waals surface area (Å²) in [5.74, 6) is 0.837. The second-order valence-corrected chi connectivity index (χ2v) is 5.74. The van der Waals surface area contributed by atoms with Crippen molar-refractivity contribution < 1.29 is 4.74 Å². The van der Waals surface area contributed by atoms with Gasteiger partial charge in [-0.1, -0.05) is 44.2 Å². The lowest BCUT2D eigenvalue weighted by Gasteiger charge is -2.33. The number of benzene rings is 1. The van der Waals surface area contributed by atoms with Crippen molar-refractivity contribution in [1.82, 2.24) is 5.32 Å². The van der Waals surface area contributed by atoms with E-state index in [4.69, 9.17) is 4.74 Å². The van der Waals surface area contributed by atoms with E-state index in [1.54, 1.807) is 0 Å². The summed E-state index contributed by atoms with van der Waals surface area (Å²) in [6.45, 7) is 8.21. The Morgan fingerprint density at radius 1 is 1.21 bits per heavy atom. The standard InChI is InChI=1S/C17H27NO/c1-3-17(13-18-4-2,14-19-12-15-10-11-15)16-8-6-5-7-9-16/h5-9,15,18H,3-4,10-14H2,1-2H3. The number of nitrogens with one attached hydrogen (secondary N) is 1. The molecule has 0 heterocycles. The van der Waals surface area contributed by atoms with Crippen LogP contribution in [0.15, 0.2) is 30.3 Å². The minimum absolute atomic E-state index is 0.117. The van der Waals surface area contributed by atoms with E-state index < -0.39 is 0 Å². The monoisotopic (exact) mass is 261 g/mol. The van der Waals surface area contributed by atoms with Gasteiger partial charge in [0.25, 0.3) is 0 Å². The van der Waals surface area contributed by atoms with Gasteiger partial charge in [0, 0.05) is 18.6 Å². The van der Waals surface area contributed by atoms with Crippen LogP contribution in [0.25, 0.3) is 0 Å². The molecule has 106 valence electrons. The second kappa shape index (κ2) is 7.06. The first kappa shape index (κ1) is 14.5. The molecule has 1 saturated carbocycles. The Hall–Kier alpha value is -0.860. The Morgan fingerprint density at radius 3 is 2.53 bits per heavy atom. The summed E-state index contributed by atoms with van der Waals surface area (Å²) in [6, 6.07) is 10.8. The number of likely N-dealkylation sites (N-methyl/N-ethyl adjacent to an activating group) is 1. The smallest absolute Gasteiger partial charge is 0.0575 e. The molecule has 2 heteroatoms. The second-order valence-electron chi connectivity index (χ2n) is 5.74. The molecule has 1 fully saturated rings. The maximum Gasteiger partial charge on any atom is 0.0575 e. The first-order chi connectivity index (χ1) is 9.30.